The highest BCUT2D eigenvalue weighted by atomic mass is 32.1. The number of ketones is 1. The van der Waals surface area contributed by atoms with Crippen LogP contribution in [0.4, 0.5) is 0 Å². The number of aryl methyl sites for hydroxylation is 2. The van der Waals surface area contributed by atoms with Crippen LogP contribution in [0.1, 0.15) is 38.4 Å². The maximum absolute atomic E-state index is 13.6. The van der Waals surface area contributed by atoms with Crippen LogP contribution < -0.4 is 24.2 Å². The van der Waals surface area contributed by atoms with E-state index in [1.165, 1.54) is 42.5 Å². The summed E-state index contributed by atoms with van der Waals surface area (Å²) in [6.07, 6.45) is 0.669. The van der Waals surface area contributed by atoms with E-state index < -0.39 is 23.5 Å². The molecule has 1 aliphatic rings. The van der Waals surface area contributed by atoms with E-state index in [0.29, 0.717) is 51.4 Å². The lowest BCUT2D eigenvalue weighted by Gasteiger charge is -2.28. The van der Waals surface area contributed by atoms with Crippen molar-refractivity contribution in [2.24, 2.45) is 0 Å². The van der Waals surface area contributed by atoms with Gasteiger partial charge in [-0.25, -0.2) is 4.98 Å². The number of Topliss-reactive ketones (excluding diaryl/α,β-unsaturated/α-hetero) is 1. The van der Waals surface area contributed by atoms with Crippen molar-refractivity contribution in [1.82, 2.24) is 9.88 Å². The SMILES string of the molecule is COc1cc(C2C(C(=O)c3sc(C)nc3C)=C([O-])C(=O)N2CCC[NH+](C)C)cc(OC)c1OC. The van der Waals surface area contributed by atoms with Crippen molar-refractivity contribution < 1.29 is 33.8 Å². The number of ether oxygens (including phenoxy) is 3. The van der Waals surface area contributed by atoms with Crippen molar-refractivity contribution in [1.29, 1.82) is 0 Å². The summed E-state index contributed by atoms with van der Waals surface area (Å²) in [4.78, 5) is 34.1. The third kappa shape index (κ3) is 4.74. The van der Waals surface area contributed by atoms with Crippen LogP contribution in [0.25, 0.3) is 0 Å². The van der Waals surface area contributed by atoms with Crippen LogP contribution in [0, 0.1) is 13.8 Å². The first kappa shape index (κ1) is 25.5. The normalized spacial score (nSPS) is 15.9. The van der Waals surface area contributed by atoms with Gasteiger partial charge in [0, 0.05) is 18.5 Å². The molecule has 0 saturated heterocycles. The van der Waals surface area contributed by atoms with Crippen LogP contribution in [0.5, 0.6) is 17.2 Å². The number of hydrogen-bond donors (Lipinski definition) is 1. The topological polar surface area (TPSA) is 105 Å². The van der Waals surface area contributed by atoms with Crippen molar-refractivity contribution >= 4 is 23.0 Å². The van der Waals surface area contributed by atoms with Crippen LogP contribution >= 0.6 is 11.3 Å². The minimum absolute atomic E-state index is 0.0803. The van der Waals surface area contributed by atoms with E-state index in [9.17, 15) is 14.7 Å². The van der Waals surface area contributed by atoms with Crippen molar-refractivity contribution in [3.05, 3.63) is 44.6 Å². The number of methoxy groups -OCH3 is 3. The van der Waals surface area contributed by atoms with Gasteiger partial charge in [-0.2, -0.15) is 0 Å². The Morgan fingerprint density at radius 2 is 1.76 bits per heavy atom. The third-order valence-electron chi connectivity index (χ3n) is 5.72. The zero-order valence-electron chi connectivity index (χ0n) is 20.6. The molecule has 34 heavy (non-hydrogen) atoms. The van der Waals surface area contributed by atoms with E-state index in [0.717, 1.165) is 6.54 Å². The summed E-state index contributed by atoms with van der Waals surface area (Å²) in [5.41, 5.74) is 0.995. The maximum Gasteiger partial charge on any atom is 0.239 e. The molecule has 1 aromatic heterocycles. The van der Waals surface area contributed by atoms with Gasteiger partial charge in [0.1, 0.15) is 0 Å². The molecule has 0 aliphatic carbocycles. The van der Waals surface area contributed by atoms with Crippen LogP contribution in [-0.4, -0.2) is 70.1 Å². The Hall–Kier alpha value is -3.11. The molecule has 10 heteroatoms. The molecule has 1 amide bonds. The summed E-state index contributed by atoms with van der Waals surface area (Å²) >= 11 is 1.22. The molecule has 1 atom stereocenters. The van der Waals surface area contributed by atoms with Crippen molar-refractivity contribution in [2.75, 3.05) is 48.5 Å². The Bertz CT molecular complexity index is 1100. The number of nitrogens with one attached hydrogen (secondary N) is 1. The molecule has 3 rings (SSSR count). The zero-order valence-corrected chi connectivity index (χ0v) is 21.4. The second-order valence-corrected chi connectivity index (χ2v) is 9.59. The lowest BCUT2D eigenvalue weighted by Crippen LogP contribution is -3.05. The average molecular weight is 490 g/mol. The number of thiazole rings is 1. The van der Waals surface area contributed by atoms with E-state index in [-0.39, 0.29) is 5.57 Å². The van der Waals surface area contributed by atoms with Gasteiger partial charge in [-0.05, 0) is 37.3 Å². The number of amides is 1. The van der Waals surface area contributed by atoms with Gasteiger partial charge in [0.2, 0.25) is 17.4 Å². The second-order valence-electron chi connectivity index (χ2n) is 8.39. The number of hydrogen-bond acceptors (Lipinski definition) is 8. The van der Waals surface area contributed by atoms with Gasteiger partial charge in [0.15, 0.2) is 11.5 Å². The molecule has 0 fully saturated rings. The lowest BCUT2D eigenvalue weighted by atomic mass is 9.94. The van der Waals surface area contributed by atoms with Crippen LogP contribution in [0.2, 0.25) is 0 Å². The minimum Gasteiger partial charge on any atom is -0.868 e. The quantitative estimate of drug-likeness (QED) is 0.490. The van der Waals surface area contributed by atoms with Gasteiger partial charge in [-0.1, -0.05) is 0 Å². The molecule has 1 aromatic carbocycles. The molecule has 1 aliphatic heterocycles. The van der Waals surface area contributed by atoms with E-state index in [1.807, 2.05) is 14.1 Å². The molecule has 0 radical (unpaired) electrons. The fourth-order valence-corrected chi connectivity index (χ4v) is 5.05. The summed E-state index contributed by atoms with van der Waals surface area (Å²) in [6, 6.07) is 2.49. The first-order chi connectivity index (χ1) is 16.1. The Kier molecular flexibility index (Phi) is 7.83. The van der Waals surface area contributed by atoms with Crippen molar-refractivity contribution in [3.63, 3.8) is 0 Å². The molecule has 184 valence electrons. The molecular weight excluding hydrogens is 458 g/mol. The number of benzene rings is 1. The molecule has 0 saturated carbocycles. The largest absolute Gasteiger partial charge is 0.868 e. The summed E-state index contributed by atoms with van der Waals surface area (Å²) in [5.74, 6) is -0.813. The summed E-state index contributed by atoms with van der Waals surface area (Å²) in [7, 11) is 8.51. The summed E-state index contributed by atoms with van der Waals surface area (Å²) < 4.78 is 16.4. The molecule has 1 unspecified atom stereocenters. The third-order valence-corrected chi connectivity index (χ3v) is 6.79. The van der Waals surface area contributed by atoms with E-state index in [1.54, 1.807) is 26.0 Å². The van der Waals surface area contributed by atoms with Gasteiger partial charge in [-0.3, -0.25) is 9.59 Å². The van der Waals surface area contributed by atoms with E-state index >= 15 is 0 Å². The second kappa shape index (κ2) is 10.4. The highest BCUT2D eigenvalue weighted by molar-refractivity contribution is 7.14. The smallest absolute Gasteiger partial charge is 0.239 e. The van der Waals surface area contributed by atoms with Crippen molar-refractivity contribution in [3.8, 4) is 17.2 Å². The molecule has 0 bridgehead atoms. The number of carbonyl (C=O) groups is 2. The monoisotopic (exact) mass is 489 g/mol. The molecule has 9 nitrogen and oxygen atoms in total. The van der Waals surface area contributed by atoms with Gasteiger partial charge in [0.05, 0.1) is 63.6 Å². The lowest BCUT2D eigenvalue weighted by molar-refractivity contribution is -0.858. The predicted octanol–water partition coefficient (Wildman–Crippen LogP) is 0.701. The maximum atomic E-state index is 13.6. The average Bonchev–Trinajstić information content (AvgIpc) is 3.27. The number of quaternary nitrogens is 1. The highest BCUT2D eigenvalue weighted by Gasteiger charge is 2.41. The summed E-state index contributed by atoms with van der Waals surface area (Å²) in [6.45, 7) is 4.66. The Labute approximate surface area is 203 Å². The van der Waals surface area contributed by atoms with Gasteiger partial charge in [-0.15, -0.1) is 11.3 Å². The summed E-state index contributed by atoms with van der Waals surface area (Å²) in [5, 5.41) is 13.9. The highest BCUT2D eigenvalue weighted by Crippen LogP contribution is 2.45. The molecule has 2 aromatic rings. The number of nitrogens with zero attached hydrogens (tertiary/aromatic N) is 2. The van der Waals surface area contributed by atoms with E-state index in [4.69, 9.17) is 14.2 Å². The van der Waals surface area contributed by atoms with Crippen molar-refractivity contribution in [2.45, 2.75) is 26.3 Å². The standard InChI is InChI=1S/C24H31N3O6S/c1-13-23(34-14(2)25-13)20(28)18-19(27(24(30)21(18)29)10-8-9-26(3)4)15-11-16(31-5)22(33-7)17(12-15)32-6/h11-12,19,29H,8-10H2,1-7H3. The Morgan fingerprint density at radius 3 is 2.24 bits per heavy atom. The molecule has 0 spiro atoms. The fourth-order valence-electron chi connectivity index (χ4n) is 4.17. The Morgan fingerprint density at radius 1 is 1.15 bits per heavy atom. The van der Waals surface area contributed by atoms with Crippen LogP contribution in [-0.2, 0) is 4.79 Å². The number of carbonyl (C=O) groups excluding carboxylic acids is 2. The van der Waals surface area contributed by atoms with Crippen LogP contribution in [0.15, 0.2) is 23.5 Å². The van der Waals surface area contributed by atoms with Gasteiger partial charge >= 0.3 is 0 Å². The zero-order chi connectivity index (χ0) is 25.2. The Balaban J connectivity index is 2.16. The van der Waals surface area contributed by atoms with Gasteiger partial charge < -0.3 is 29.1 Å². The first-order valence-corrected chi connectivity index (χ1v) is 11.8. The minimum atomic E-state index is -0.875. The van der Waals surface area contributed by atoms with Gasteiger partial charge in [0.25, 0.3) is 0 Å². The van der Waals surface area contributed by atoms with E-state index in [2.05, 4.69) is 4.98 Å². The predicted molar refractivity (Wildman–Crippen MR) is 126 cm³/mol. The number of aromatic nitrogens is 1. The van der Waals surface area contributed by atoms with Crippen LogP contribution in [0.3, 0.4) is 0 Å². The molecular formula is C24H31N3O6S. The number of rotatable bonds is 10. The molecule has 1 N–H and O–H groups in total. The first-order valence-electron chi connectivity index (χ1n) is 10.9. The molecule has 2 heterocycles. The fraction of sp³-hybridized carbons (Fsp3) is 0.458.